The van der Waals surface area contributed by atoms with E-state index in [-0.39, 0.29) is 6.42 Å². The van der Waals surface area contributed by atoms with Crippen molar-refractivity contribution in [1.29, 1.82) is 0 Å². The van der Waals surface area contributed by atoms with Crippen LogP contribution in [0.2, 0.25) is 0 Å². The van der Waals surface area contributed by atoms with Crippen LogP contribution in [0.1, 0.15) is 20.3 Å². The molecule has 0 aromatic heterocycles. The number of aliphatic hydroxyl groups excluding tert-OH is 1. The van der Waals surface area contributed by atoms with Crippen LogP contribution in [-0.4, -0.2) is 35.4 Å². The van der Waals surface area contributed by atoms with Crippen LogP contribution in [0.5, 0.6) is 0 Å². The summed E-state index contributed by atoms with van der Waals surface area (Å²) in [7, 11) is 0. The second-order valence-corrected chi connectivity index (χ2v) is 3.88. The molecule has 0 aromatic rings. The van der Waals surface area contributed by atoms with E-state index in [1.54, 1.807) is 13.8 Å². The van der Waals surface area contributed by atoms with Crippen molar-refractivity contribution in [3.63, 3.8) is 0 Å². The summed E-state index contributed by atoms with van der Waals surface area (Å²) in [4.78, 5) is 0. The number of alkyl halides is 1. The standard InChI is InChI=1S/C8H13FO3/c1-8(2)11-6-4(9)3-5(10)7(6)12-8/h4-7,10H,3H2,1-2H3. The van der Waals surface area contributed by atoms with E-state index in [2.05, 4.69) is 0 Å². The zero-order valence-corrected chi connectivity index (χ0v) is 7.16. The van der Waals surface area contributed by atoms with Crippen LogP contribution in [0.15, 0.2) is 0 Å². The molecule has 1 saturated carbocycles. The Bertz CT molecular complexity index is 177. The van der Waals surface area contributed by atoms with Gasteiger partial charge in [-0.2, -0.15) is 0 Å². The van der Waals surface area contributed by atoms with Gasteiger partial charge < -0.3 is 14.6 Å². The topological polar surface area (TPSA) is 38.7 Å². The summed E-state index contributed by atoms with van der Waals surface area (Å²) in [6.45, 7) is 3.45. The predicted octanol–water partition coefficient (Wildman–Crippen LogP) is 0.609. The maximum atomic E-state index is 13.1. The second-order valence-electron chi connectivity index (χ2n) is 3.88. The summed E-state index contributed by atoms with van der Waals surface area (Å²) >= 11 is 0. The molecule has 3 nitrogen and oxygen atoms in total. The summed E-state index contributed by atoms with van der Waals surface area (Å²) in [6, 6.07) is 0. The first-order valence-corrected chi connectivity index (χ1v) is 4.17. The molecule has 0 bridgehead atoms. The quantitative estimate of drug-likeness (QED) is 0.587. The van der Waals surface area contributed by atoms with Crippen molar-refractivity contribution in [2.75, 3.05) is 0 Å². The summed E-state index contributed by atoms with van der Waals surface area (Å²) in [6.07, 6.45) is -2.73. The lowest BCUT2D eigenvalue weighted by Crippen LogP contribution is -2.28. The lowest BCUT2D eigenvalue weighted by Gasteiger charge is -2.19. The first-order valence-electron chi connectivity index (χ1n) is 4.17. The van der Waals surface area contributed by atoms with E-state index in [4.69, 9.17) is 9.47 Å². The van der Waals surface area contributed by atoms with E-state index >= 15 is 0 Å². The van der Waals surface area contributed by atoms with Gasteiger partial charge in [-0.25, -0.2) is 4.39 Å². The molecular weight excluding hydrogens is 163 g/mol. The Morgan fingerprint density at radius 2 is 1.92 bits per heavy atom. The molecule has 1 aliphatic carbocycles. The third-order valence-electron chi connectivity index (χ3n) is 2.37. The van der Waals surface area contributed by atoms with E-state index in [9.17, 15) is 9.50 Å². The first-order chi connectivity index (χ1) is 5.49. The summed E-state index contributed by atoms with van der Waals surface area (Å²) in [5.74, 6) is -0.749. The molecule has 4 heteroatoms. The molecule has 0 radical (unpaired) electrons. The highest BCUT2D eigenvalue weighted by molar-refractivity contribution is 4.98. The van der Waals surface area contributed by atoms with Crippen molar-refractivity contribution in [2.24, 2.45) is 0 Å². The van der Waals surface area contributed by atoms with Gasteiger partial charge in [0.1, 0.15) is 18.4 Å². The smallest absolute Gasteiger partial charge is 0.164 e. The Balaban J connectivity index is 2.15. The Kier molecular flexibility index (Phi) is 1.68. The van der Waals surface area contributed by atoms with Crippen LogP contribution in [0.3, 0.4) is 0 Å². The second kappa shape index (κ2) is 2.40. The fraction of sp³-hybridized carbons (Fsp3) is 1.00. The van der Waals surface area contributed by atoms with Crippen LogP contribution < -0.4 is 0 Å². The van der Waals surface area contributed by atoms with E-state index in [1.165, 1.54) is 0 Å². The molecule has 0 amide bonds. The Morgan fingerprint density at radius 3 is 2.50 bits per heavy atom. The number of hydrogen-bond acceptors (Lipinski definition) is 3. The van der Waals surface area contributed by atoms with Gasteiger partial charge in [-0.1, -0.05) is 0 Å². The monoisotopic (exact) mass is 176 g/mol. The van der Waals surface area contributed by atoms with Gasteiger partial charge in [0.15, 0.2) is 5.79 Å². The molecule has 1 N–H and O–H groups in total. The van der Waals surface area contributed by atoms with Gasteiger partial charge in [-0.15, -0.1) is 0 Å². The highest BCUT2D eigenvalue weighted by Crippen LogP contribution is 2.39. The average Bonchev–Trinajstić information content (AvgIpc) is 2.34. The van der Waals surface area contributed by atoms with Crippen molar-refractivity contribution < 1.29 is 19.0 Å². The number of ether oxygens (including phenoxy) is 2. The van der Waals surface area contributed by atoms with Crippen LogP contribution in [-0.2, 0) is 9.47 Å². The van der Waals surface area contributed by atoms with Crippen LogP contribution in [0.4, 0.5) is 4.39 Å². The highest BCUT2D eigenvalue weighted by Gasteiger charge is 2.53. The van der Waals surface area contributed by atoms with E-state index in [1.807, 2.05) is 0 Å². The number of hydrogen-bond donors (Lipinski definition) is 1. The number of halogens is 1. The molecule has 2 rings (SSSR count). The van der Waals surface area contributed by atoms with Crippen molar-refractivity contribution in [2.45, 2.75) is 50.5 Å². The third-order valence-corrected chi connectivity index (χ3v) is 2.37. The highest BCUT2D eigenvalue weighted by atomic mass is 19.1. The molecule has 12 heavy (non-hydrogen) atoms. The van der Waals surface area contributed by atoms with E-state index in [0.29, 0.717) is 0 Å². The number of rotatable bonds is 0. The molecule has 4 unspecified atom stereocenters. The molecule has 2 aliphatic rings. The van der Waals surface area contributed by atoms with Gasteiger partial charge in [0.05, 0.1) is 6.10 Å². The first kappa shape index (κ1) is 8.41. The summed E-state index contributed by atoms with van der Waals surface area (Å²) < 4.78 is 23.7. The zero-order valence-electron chi connectivity index (χ0n) is 7.16. The molecule has 1 heterocycles. The Labute approximate surface area is 70.5 Å². The fourth-order valence-corrected chi connectivity index (χ4v) is 1.89. The van der Waals surface area contributed by atoms with Gasteiger partial charge in [0, 0.05) is 6.42 Å². The molecule has 1 saturated heterocycles. The van der Waals surface area contributed by atoms with Gasteiger partial charge in [0.25, 0.3) is 0 Å². The van der Waals surface area contributed by atoms with E-state index in [0.717, 1.165) is 0 Å². The molecule has 1 aliphatic heterocycles. The molecule has 0 spiro atoms. The van der Waals surface area contributed by atoms with Gasteiger partial charge >= 0.3 is 0 Å². The normalized spacial score (nSPS) is 51.0. The van der Waals surface area contributed by atoms with E-state index < -0.39 is 30.3 Å². The largest absolute Gasteiger partial charge is 0.390 e. The average molecular weight is 176 g/mol. The summed E-state index contributed by atoms with van der Waals surface area (Å²) in [5.41, 5.74) is 0. The molecule has 70 valence electrons. The van der Waals surface area contributed by atoms with Crippen LogP contribution in [0.25, 0.3) is 0 Å². The Hall–Kier alpha value is -0.190. The fourth-order valence-electron chi connectivity index (χ4n) is 1.89. The van der Waals surface area contributed by atoms with Gasteiger partial charge in [0.2, 0.25) is 0 Å². The Morgan fingerprint density at radius 1 is 1.33 bits per heavy atom. The zero-order chi connectivity index (χ0) is 8.93. The minimum atomic E-state index is -1.09. The SMILES string of the molecule is CC1(C)OC2C(O)CC(F)C2O1. The summed E-state index contributed by atoms with van der Waals surface area (Å²) in [5, 5.41) is 9.36. The van der Waals surface area contributed by atoms with Crippen molar-refractivity contribution >= 4 is 0 Å². The minimum absolute atomic E-state index is 0.130. The molecular formula is C8H13FO3. The number of fused-ring (bicyclic) bond motifs is 1. The minimum Gasteiger partial charge on any atom is -0.390 e. The van der Waals surface area contributed by atoms with Crippen LogP contribution >= 0.6 is 0 Å². The van der Waals surface area contributed by atoms with Crippen molar-refractivity contribution in [3.8, 4) is 0 Å². The lowest BCUT2D eigenvalue weighted by atomic mass is 10.2. The molecule has 4 atom stereocenters. The van der Waals surface area contributed by atoms with Crippen molar-refractivity contribution in [1.82, 2.24) is 0 Å². The molecule has 2 fully saturated rings. The molecule has 0 aromatic carbocycles. The number of aliphatic hydroxyl groups is 1. The maximum Gasteiger partial charge on any atom is 0.164 e. The van der Waals surface area contributed by atoms with Crippen LogP contribution in [0, 0.1) is 0 Å². The lowest BCUT2D eigenvalue weighted by molar-refractivity contribution is -0.167. The maximum absolute atomic E-state index is 13.1. The van der Waals surface area contributed by atoms with Gasteiger partial charge in [-0.3, -0.25) is 0 Å². The predicted molar refractivity (Wildman–Crippen MR) is 39.3 cm³/mol. The van der Waals surface area contributed by atoms with Crippen molar-refractivity contribution in [3.05, 3.63) is 0 Å². The third kappa shape index (κ3) is 1.14. The van der Waals surface area contributed by atoms with Gasteiger partial charge in [-0.05, 0) is 13.8 Å².